The third-order valence-corrected chi connectivity index (χ3v) is 3.33. The number of rotatable bonds is 5. The van der Waals surface area contributed by atoms with Gasteiger partial charge in [0.15, 0.2) is 0 Å². The quantitative estimate of drug-likeness (QED) is 0.878. The monoisotopic (exact) mass is 276 g/mol. The first-order chi connectivity index (χ1) is 9.54. The molecule has 108 valence electrons. The number of nitrogens with one attached hydrogen (secondary N) is 1. The average molecular weight is 276 g/mol. The van der Waals surface area contributed by atoms with Crippen molar-refractivity contribution < 1.29 is 4.39 Å². The van der Waals surface area contributed by atoms with Crippen molar-refractivity contribution >= 4 is 11.5 Å². The summed E-state index contributed by atoms with van der Waals surface area (Å²) in [6, 6.07) is 6.58. The summed E-state index contributed by atoms with van der Waals surface area (Å²) < 4.78 is 15.7. The molecule has 4 nitrogen and oxygen atoms in total. The number of benzene rings is 1. The van der Waals surface area contributed by atoms with Gasteiger partial charge in [-0.2, -0.15) is 5.10 Å². The number of hydrogen-bond donors (Lipinski definition) is 2. The Morgan fingerprint density at radius 2 is 2.10 bits per heavy atom. The molecule has 1 unspecified atom stereocenters. The van der Waals surface area contributed by atoms with Crippen LogP contribution in [0.4, 0.5) is 15.9 Å². The summed E-state index contributed by atoms with van der Waals surface area (Å²) in [4.78, 5) is 0. The maximum Gasteiger partial charge on any atom is 0.148 e. The third kappa shape index (κ3) is 2.76. The summed E-state index contributed by atoms with van der Waals surface area (Å²) in [5, 5.41) is 7.68. The van der Waals surface area contributed by atoms with Crippen LogP contribution in [0.2, 0.25) is 0 Å². The minimum Gasteiger partial charge on any atom is -0.394 e. The SMILES string of the molecule is CCCn1nc(C)c(N)c1NC(C)c1ccccc1F. The van der Waals surface area contributed by atoms with Crippen molar-refractivity contribution in [3.63, 3.8) is 0 Å². The molecule has 0 fully saturated rings. The highest BCUT2D eigenvalue weighted by molar-refractivity contribution is 5.65. The van der Waals surface area contributed by atoms with Crippen LogP contribution in [0.3, 0.4) is 0 Å². The summed E-state index contributed by atoms with van der Waals surface area (Å²) in [5.41, 5.74) is 8.10. The van der Waals surface area contributed by atoms with Crippen molar-refractivity contribution in [3.8, 4) is 0 Å². The summed E-state index contributed by atoms with van der Waals surface area (Å²) in [7, 11) is 0. The number of aryl methyl sites for hydroxylation is 2. The Kier molecular flexibility index (Phi) is 4.27. The number of anilines is 2. The normalized spacial score (nSPS) is 12.4. The Morgan fingerprint density at radius 1 is 1.40 bits per heavy atom. The van der Waals surface area contributed by atoms with Crippen LogP contribution >= 0.6 is 0 Å². The lowest BCUT2D eigenvalue weighted by atomic mass is 10.1. The van der Waals surface area contributed by atoms with Crippen LogP contribution in [-0.2, 0) is 6.54 Å². The van der Waals surface area contributed by atoms with Crippen molar-refractivity contribution in [2.45, 2.75) is 39.8 Å². The first-order valence-electron chi connectivity index (χ1n) is 6.88. The molecule has 20 heavy (non-hydrogen) atoms. The van der Waals surface area contributed by atoms with E-state index in [-0.39, 0.29) is 11.9 Å². The minimum atomic E-state index is -0.218. The van der Waals surface area contributed by atoms with Gasteiger partial charge in [-0.3, -0.25) is 0 Å². The minimum absolute atomic E-state index is 0.176. The molecule has 1 heterocycles. The maximum absolute atomic E-state index is 13.8. The second kappa shape index (κ2) is 5.94. The maximum atomic E-state index is 13.8. The van der Waals surface area contributed by atoms with Gasteiger partial charge < -0.3 is 11.1 Å². The van der Waals surface area contributed by atoms with E-state index in [1.165, 1.54) is 6.07 Å². The first kappa shape index (κ1) is 14.4. The second-order valence-corrected chi connectivity index (χ2v) is 4.96. The smallest absolute Gasteiger partial charge is 0.148 e. The molecule has 0 amide bonds. The Labute approximate surface area is 118 Å². The molecule has 0 aliphatic rings. The largest absolute Gasteiger partial charge is 0.394 e. The van der Waals surface area contributed by atoms with Gasteiger partial charge in [0, 0.05) is 12.1 Å². The Bertz CT molecular complexity index is 592. The van der Waals surface area contributed by atoms with E-state index >= 15 is 0 Å². The zero-order valence-electron chi connectivity index (χ0n) is 12.2. The van der Waals surface area contributed by atoms with E-state index in [1.807, 2.05) is 24.6 Å². The van der Waals surface area contributed by atoms with Crippen LogP contribution in [0.25, 0.3) is 0 Å². The van der Waals surface area contributed by atoms with Crippen molar-refractivity contribution in [2.75, 3.05) is 11.1 Å². The summed E-state index contributed by atoms with van der Waals surface area (Å²) in [5.74, 6) is 0.546. The van der Waals surface area contributed by atoms with E-state index < -0.39 is 0 Å². The number of halogens is 1. The number of nitrogen functional groups attached to an aromatic ring is 1. The van der Waals surface area contributed by atoms with Crippen molar-refractivity contribution in [1.82, 2.24) is 9.78 Å². The van der Waals surface area contributed by atoms with E-state index in [2.05, 4.69) is 17.3 Å². The molecule has 5 heteroatoms. The predicted molar refractivity (Wildman–Crippen MR) is 80.1 cm³/mol. The van der Waals surface area contributed by atoms with Crippen LogP contribution in [0.5, 0.6) is 0 Å². The Balaban J connectivity index is 2.28. The van der Waals surface area contributed by atoms with Crippen molar-refractivity contribution in [3.05, 3.63) is 41.3 Å². The van der Waals surface area contributed by atoms with Gasteiger partial charge in [-0.15, -0.1) is 0 Å². The second-order valence-electron chi connectivity index (χ2n) is 4.96. The summed E-state index contributed by atoms with van der Waals surface area (Å²) >= 11 is 0. The third-order valence-electron chi connectivity index (χ3n) is 3.33. The molecule has 0 spiro atoms. The molecular formula is C15H21FN4. The molecule has 1 aromatic heterocycles. The Morgan fingerprint density at radius 3 is 2.75 bits per heavy atom. The zero-order valence-corrected chi connectivity index (χ0v) is 12.2. The van der Waals surface area contributed by atoms with Crippen LogP contribution in [-0.4, -0.2) is 9.78 Å². The van der Waals surface area contributed by atoms with Gasteiger partial charge in [0.25, 0.3) is 0 Å². The molecule has 0 saturated heterocycles. The van der Waals surface area contributed by atoms with Crippen molar-refractivity contribution in [2.24, 2.45) is 0 Å². The van der Waals surface area contributed by atoms with Crippen molar-refractivity contribution in [1.29, 1.82) is 0 Å². The number of nitrogens with zero attached hydrogens (tertiary/aromatic N) is 2. The standard InChI is InChI=1S/C15H21FN4/c1-4-9-20-15(14(17)11(3)19-20)18-10(2)12-7-5-6-8-13(12)16/h5-8,10,18H,4,9,17H2,1-3H3. The zero-order chi connectivity index (χ0) is 14.7. The van der Waals surface area contributed by atoms with Gasteiger partial charge in [0.05, 0.1) is 17.4 Å². The molecule has 0 aliphatic carbocycles. The van der Waals surface area contributed by atoms with Gasteiger partial charge in [0.1, 0.15) is 11.6 Å². The highest BCUT2D eigenvalue weighted by Gasteiger charge is 2.16. The molecule has 0 saturated carbocycles. The molecule has 0 bridgehead atoms. The number of aromatic nitrogens is 2. The lowest BCUT2D eigenvalue weighted by Gasteiger charge is -2.18. The topological polar surface area (TPSA) is 55.9 Å². The van der Waals surface area contributed by atoms with Crippen LogP contribution in [0.15, 0.2) is 24.3 Å². The highest BCUT2D eigenvalue weighted by Crippen LogP contribution is 2.27. The Hall–Kier alpha value is -2.04. The van der Waals surface area contributed by atoms with Gasteiger partial charge in [-0.25, -0.2) is 9.07 Å². The number of nitrogens with two attached hydrogens (primary N) is 1. The van der Waals surface area contributed by atoms with Gasteiger partial charge in [0.2, 0.25) is 0 Å². The molecule has 2 aromatic rings. The molecular weight excluding hydrogens is 255 g/mol. The van der Waals surface area contributed by atoms with E-state index in [0.29, 0.717) is 11.3 Å². The summed E-state index contributed by atoms with van der Waals surface area (Å²) in [6.45, 7) is 6.65. The van der Waals surface area contributed by atoms with E-state index in [4.69, 9.17) is 5.73 Å². The lowest BCUT2D eigenvalue weighted by Crippen LogP contribution is -2.14. The molecule has 1 atom stereocenters. The fourth-order valence-electron chi connectivity index (χ4n) is 2.23. The fourth-order valence-corrected chi connectivity index (χ4v) is 2.23. The molecule has 0 radical (unpaired) electrons. The fraction of sp³-hybridized carbons (Fsp3) is 0.400. The van der Waals surface area contributed by atoms with Gasteiger partial charge >= 0.3 is 0 Å². The molecule has 2 rings (SSSR count). The summed E-state index contributed by atoms with van der Waals surface area (Å²) in [6.07, 6.45) is 0.962. The molecule has 3 N–H and O–H groups in total. The van der Waals surface area contributed by atoms with Gasteiger partial charge in [-0.1, -0.05) is 25.1 Å². The lowest BCUT2D eigenvalue weighted by molar-refractivity contribution is 0.586. The van der Waals surface area contributed by atoms with Crippen LogP contribution < -0.4 is 11.1 Å². The molecule has 0 aliphatic heterocycles. The predicted octanol–water partition coefficient (Wildman–Crippen LogP) is 3.50. The number of hydrogen-bond acceptors (Lipinski definition) is 3. The van der Waals surface area contributed by atoms with Gasteiger partial charge in [-0.05, 0) is 26.3 Å². The molecule has 1 aromatic carbocycles. The highest BCUT2D eigenvalue weighted by atomic mass is 19.1. The first-order valence-corrected chi connectivity index (χ1v) is 6.88. The van der Waals surface area contributed by atoms with E-state index in [1.54, 1.807) is 12.1 Å². The average Bonchev–Trinajstić information content (AvgIpc) is 2.67. The van der Waals surface area contributed by atoms with Crippen LogP contribution in [0.1, 0.15) is 37.6 Å². The van der Waals surface area contributed by atoms with Crippen LogP contribution in [0, 0.1) is 12.7 Å². The van der Waals surface area contributed by atoms with E-state index in [9.17, 15) is 4.39 Å². The van der Waals surface area contributed by atoms with E-state index in [0.717, 1.165) is 24.5 Å².